The maximum Gasteiger partial charge on any atom is 0.338 e. The fourth-order valence-electron chi connectivity index (χ4n) is 3.85. The highest BCUT2D eigenvalue weighted by Crippen LogP contribution is 2.31. The molecule has 0 aliphatic carbocycles. The first kappa shape index (κ1) is 23.6. The van der Waals surface area contributed by atoms with Gasteiger partial charge in [0.1, 0.15) is 5.76 Å². The number of fused-ring (bicyclic) bond motifs is 1. The van der Waals surface area contributed by atoms with Gasteiger partial charge in [0, 0.05) is 46.0 Å². The quantitative estimate of drug-likeness (QED) is 0.505. The molecule has 8 nitrogen and oxygen atoms in total. The van der Waals surface area contributed by atoms with Crippen LogP contribution in [0.2, 0.25) is 0 Å². The molecular formula is C25H28N4O4S. The minimum Gasteiger partial charge on any atom is -0.463 e. The molecule has 3 aromatic rings. The van der Waals surface area contributed by atoms with Crippen LogP contribution in [0.15, 0.2) is 61.9 Å². The van der Waals surface area contributed by atoms with Gasteiger partial charge in [0.2, 0.25) is 0 Å². The summed E-state index contributed by atoms with van der Waals surface area (Å²) in [5, 5.41) is 0. The lowest BCUT2D eigenvalue weighted by molar-refractivity contribution is -0.139. The first-order valence-electron chi connectivity index (χ1n) is 11.0. The highest BCUT2D eigenvalue weighted by Gasteiger charge is 2.33. The van der Waals surface area contributed by atoms with E-state index in [9.17, 15) is 9.59 Å². The van der Waals surface area contributed by atoms with Crippen LogP contribution in [0.1, 0.15) is 31.2 Å². The molecule has 1 aliphatic rings. The molecular weight excluding hydrogens is 452 g/mol. The van der Waals surface area contributed by atoms with E-state index in [1.165, 1.54) is 11.3 Å². The third-order valence-corrected chi connectivity index (χ3v) is 6.55. The van der Waals surface area contributed by atoms with Crippen LogP contribution in [-0.2, 0) is 9.53 Å². The summed E-state index contributed by atoms with van der Waals surface area (Å²) in [6.07, 6.45) is 1.71. The van der Waals surface area contributed by atoms with Crippen LogP contribution in [0.5, 0.6) is 0 Å². The van der Waals surface area contributed by atoms with Gasteiger partial charge >= 0.3 is 5.97 Å². The van der Waals surface area contributed by atoms with Gasteiger partial charge in [-0.1, -0.05) is 23.5 Å². The van der Waals surface area contributed by atoms with Crippen molar-refractivity contribution in [3.8, 4) is 0 Å². The van der Waals surface area contributed by atoms with Crippen molar-refractivity contribution in [1.29, 1.82) is 0 Å². The molecule has 0 fully saturated rings. The standard InChI is InChI=1S/C25H28N4O4S/c1-7-32-24(31)21-15(2)26-25-29(22(21)16-8-10-17(11-9-16)27(3)4)23(30)19(34-25)14-18-12-13-20(33-18)28(5)6/h8-14,22H,7H2,1-6H3/t22-/m1/s1. The van der Waals surface area contributed by atoms with Gasteiger partial charge in [0.05, 0.1) is 28.5 Å². The summed E-state index contributed by atoms with van der Waals surface area (Å²) in [6, 6.07) is 10.8. The van der Waals surface area contributed by atoms with Gasteiger partial charge in [-0.2, -0.15) is 0 Å². The molecule has 0 amide bonds. The Bertz CT molecular complexity index is 1420. The average molecular weight is 481 g/mol. The van der Waals surface area contributed by atoms with Gasteiger partial charge in [-0.3, -0.25) is 9.36 Å². The van der Waals surface area contributed by atoms with Crippen LogP contribution >= 0.6 is 11.3 Å². The Hall–Kier alpha value is -3.59. The molecule has 0 N–H and O–H groups in total. The topological polar surface area (TPSA) is 80.3 Å². The van der Waals surface area contributed by atoms with Gasteiger partial charge in [0.15, 0.2) is 10.7 Å². The molecule has 34 heavy (non-hydrogen) atoms. The molecule has 0 bridgehead atoms. The Morgan fingerprint density at radius 1 is 1.15 bits per heavy atom. The summed E-state index contributed by atoms with van der Waals surface area (Å²) in [5.41, 5.74) is 2.50. The van der Waals surface area contributed by atoms with E-state index in [2.05, 4.69) is 4.99 Å². The molecule has 1 atom stereocenters. The van der Waals surface area contributed by atoms with E-state index < -0.39 is 12.0 Å². The van der Waals surface area contributed by atoms with Gasteiger partial charge in [-0.05, 0) is 37.6 Å². The van der Waals surface area contributed by atoms with Gasteiger partial charge in [0.25, 0.3) is 5.56 Å². The molecule has 9 heteroatoms. The highest BCUT2D eigenvalue weighted by molar-refractivity contribution is 7.07. The summed E-state index contributed by atoms with van der Waals surface area (Å²) >= 11 is 1.27. The van der Waals surface area contributed by atoms with Crippen molar-refractivity contribution in [2.24, 2.45) is 4.99 Å². The van der Waals surface area contributed by atoms with E-state index >= 15 is 0 Å². The lowest BCUT2D eigenvalue weighted by atomic mass is 9.95. The number of hydrogen-bond acceptors (Lipinski definition) is 8. The van der Waals surface area contributed by atoms with Crippen LogP contribution in [0, 0.1) is 0 Å². The van der Waals surface area contributed by atoms with Crippen molar-refractivity contribution >= 4 is 35.0 Å². The average Bonchev–Trinajstić information content (AvgIpc) is 3.38. The summed E-state index contributed by atoms with van der Waals surface area (Å²) < 4.78 is 13.2. The van der Waals surface area contributed by atoms with Crippen LogP contribution in [-0.4, -0.2) is 45.3 Å². The number of furan rings is 1. The van der Waals surface area contributed by atoms with Crippen LogP contribution in [0.25, 0.3) is 6.08 Å². The molecule has 0 saturated carbocycles. The Morgan fingerprint density at radius 3 is 2.44 bits per heavy atom. The zero-order valence-electron chi connectivity index (χ0n) is 20.2. The Labute approximate surface area is 201 Å². The van der Waals surface area contributed by atoms with E-state index in [4.69, 9.17) is 9.15 Å². The molecule has 0 spiro atoms. The second kappa shape index (κ2) is 9.34. The number of hydrogen-bond donors (Lipinski definition) is 0. The fraction of sp³-hybridized carbons (Fsp3) is 0.320. The number of carbonyl (C=O) groups is 1. The van der Waals surface area contributed by atoms with Crippen LogP contribution < -0.4 is 24.7 Å². The number of anilines is 2. The van der Waals surface area contributed by atoms with Gasteiger partial charge in [-0.25, -0.2) is 9.79 Å². The fourth-order valence-corrected chi connectivity index (χ4v) is 4.88. The largest absolute Gasteiger partial charge is 0.463 e. The summed E-state index contributed by atoms with van der Waals surface area (Å²) in [6.45, 7) is 3.77. The molecule has 0 saturated heterocycles. The first-order chi connectivity index (χ1) is 16.2. The minimum atomic E-state index is -0.636. The van der Waals surface area contributed by atoms with Crippen molar-refractivity contribution in [3.63, 3.8) is 0 Å². The third kappa shape index (κ3) is 4.31. The summed E-state index contributed by atoms with van der Waals surface area (Å²) in [4.78, 5) is 35.5. The number of nitrogens with zero attached hydrogens (tertiary/aromatic N) is 4. The smallest absolute Gasteiger partial charge is 0.338 e. The van der Waals surface area contributed by atoms with E-state index in [1.54, 1.807) is 24.5 Å². The Kier molecular flexibility index (Phi) is 6.47. The predicted molar refractivity (Wildman–Crippen MR) is 134 cm³/mol. The van der Waals surface area contributed by atoms with Crippen molar-refractivity contribution in [2.45, 2.75) is 19.9 Å². The summed E-state index contributed by atoms with van der Waals surface area (Å²) in [7, 11) is 7.70. The lowest BCUT2D eigenvalue weighted by Gasteiger charge is -2.25. The maximum atomic E-state index is 13.6. The summed E-state index contributed by atoms with van der Waals surface area (Å²) in [5.74, 6) is 0.793. The van der Waals surface area contributed by atoms with Crippen LogP contribution in [0.3, 0.4) is 0 Å². The number of thiazole rings is 1. The highest BCUT2D eigenvalue weighted by atomic mass is 32.1. The van der Waals surface area contributed by atoms with Crippen LogP contribution in [0.4, 0.5) is 11.6 Å². The number of esters is 1. The van der Waals surface area contributed by atoms with E-state index in [-0.39, 0.29) is 12.2 Å². The molecule has 4 rings (SSSR count). The number of benzene rings is 1. The number of allylic oxidation sites excluding steroid dienone is 1. The Morgan fingerprint density at radius 2 is 1.85 bits per heavy atom. The number of ether oxygens (including phenoxy) is 1. The maximum absolute atomic E-state index is 13.6. The number of carbonyl (C=O) groups excluding carboxylic acids is 1. The molecule has 0 unspecified atom stereocenters. The van der Waals surface area contributed by atoms with Gasteiger partial charge in [-0.15, -0.1) is 0 Å². The van der Waals surface area contributed by atoms with E-state index in [0.717, 1.165) is 11.3 Å². The van der Waals surface area contributed by atoms with Crippen molar-refractivity contribution in [2.75, 3.05) is 44.6 Å². The molecule has 2 aromatic heterocycles. The van der Waals surface area contributed by atoms with E-state index in [0.29, 0.717) is 32.2 Å². The molecule has 1 aliphatic heterocycles. The monoisotopic (exact) mass is 480 g/mol. The molecule has 1 aromatic carbocycles. The molecule has 0 radical (unpaired) electrons. The lowest BCUT2D eigenvalue weighted by Crippen LogP contribution is -2.39. The second-order valence-electron chi connectivity index (χ2n) is 8.36. The van der Waals surface area contributed by atoms with E-state index in [1.807, 2.05) is 74.4 Å². The number of rotatable bonds is 6. The second-order valence-corrected chi connectivity index (χ2v) is 9.37. The SMILES string of the molecule is CCOC(=O)C1=C(C)N=c2sc(=Cc3ccc(N(C)C)o3)c(=O)n2[C@@H]1c1ccc(N(C)C)cc1. The van der Waals surface area contributed by atoms with Crippen molar-refractivity contribution in [1.82, 2.24) is 4.57 Å². The molecule has 178 valence electrons. The Balaban J connectivity index is 1.90. The third-order valence-electron chi connectivity index (χ3n) is 5.57. The van der Waals surface area contributed by atoms with Crippen molar-refractivity contribution < 1.29 is 13.9 Å². The van der Waals surface area contributed by atoms with Gasteiger partial charge < -0.3 is 19.0 Å². The van der Waals surface area contributed by atoms with Crippen molar-refractivity contribution in [3.05, 3.63) is 78.7 Å². The zero-order valence-corrected chi connectivity index (χ0v) is 21.0. The molecule has 3 heterocycles. The zero-order chi connectivity index (χ0) is 24.6. The first-order valence-corrected chi connectivity index (χ1v) is 11.8. The minimum absolute atomic E-state index is 0.234. The number of aromatic nitrogens is 1. The normalized spacial score (nSPS) is 15.7. The predicted octanol–water partition coefficient (Wildman–Crippen LogP) is 2.52.